The van der Waals surface area contributed by atoms with Crippen molar-refractivity contribution < 1.29 is 9.31 Å². The van der Waals surface area contributed by atoms with Gasteiger partial charge in [0, 0.05) is 5.54 Å². The van der Waals surface area contributed by atoms with Crippen LogP contribution in [0, 0.1) is 6.92 Å². The summed E-state index contributed by atoms with van der Waals surface area (Å²) in [6.07, 6.45) is 0. The molecule has 28 heavy (non-hydrogen) atoms. The zero-order chi connectivity index (χ0) is 20.7. The molecule has 2 aromatic carbocycles. The van der Waals surface area contributed by atoms with Gasteiger partial charge in [0.2, 0.25) is 0 Å². The van der Waals surface area contributed by atoms with Gasteiger partial charge in [-0.1, -0.05) is 72.9 Å². The van der Waals surface area contributed by atoms with E-state index in [0.717, 1.165) is 5.47 Å². The number of hydrogen-bond donors (Lipinski definition) is 0. The van der Waals surface area contributed by atoms with E-state index in [2.05, 4.69) is 109 Å². The molecule has 2 aromatic rings. The van der Waals surface area contributed by atoms with Gasteiger partial charge in [-0.2, -0.15) is 0 Å². The van der Waals surface area contributed by atoms with Gasteiger partial charge in [0.15, 0.2) is 0 Å². The summed E-state index contributed by atoms with van der Waals surface area (Å²) in [6.45, 7) is 20.0. The van der Waals surface area contributed by atoms with Gasteiger partial charge in [-0.15, -0.1) is 6.58 Å². The first-order valence-electron chi connectivity index (χ1n) is 10.1. The molecule has 1 atom stereocenters. The van der Waals surface area contributed by atoms with Crippen molar-refractivity contribution >= 4 is 20.4 Å². The van der Waals surface area contributed by atoms with Crippen molar-refractivity contribution in [2.45, 2.75) is 64.5 Å². The minimum Gasteiger partial charge on any atom is -0.400 e. The maximum absolute atomic E-state index is 6.40. The molecule has 0 spiro atoms. The number of rotatable bonds is 5. The molecule has 0 amide bonds. The monoisotopic (exact) mass is 392 g/mol. The Hall–Kier alpha value is -1.62. The summed E-state index contributed by atoms with van der Waals surface area (Å²) < 4.78 is 12.8. The van der Waals surface area contributed by atoms with E-state index >= 15 is 0 Å². The average molecular weight is 392 g/mol. The summed E-state index contributed by atoms with van der Waals surface area (Å²) in [6, 6.07) is 19.5. The van der Waals surface area contributed by atoms with Crippen LogP contribution in [0.3, 0.4) is 0 Å². The standard InChI is InChI=1S/C24H33BO2Si/c1-18-14-12-13-17-21(18)22(28(7,8)20-15-10-9-11-16-20)19(2)25-26-23(3,4)24(5,6)27-25/h9-17,22H,2H2,1,3-8H3/t22-/m1/s1. The molecular formula is C24H33BO2Si. The fourth-order valence-corrected chi connectivity index (χ4v) is 7.68. The van der Waals surface area contributed by atoms with E-state index in [-0.39, 0.29) is 16.7 Å². The maximum Gasteiger partial charge on any atom is 0.490 e. The van der Waals surface area contributed by atoms with Gasteiger partial charge in [-0.3, -0.25) is 0 Å². The van der Waals surface area contributed by atoms with Crippen LogP contribution >= 0.6 is 0 Å². The van der Waals surface area contributed by atoms with Crippen LogP contribution in [0.15, 0.2) is 66.6 Å². The van der Waals surface area contributed by atoms with Crippen molar-refractivity contribution in [2.24, 2.45) is 0 Å². The zero-order valence-electron chi connectivity index (χ0n) is 18.4. The van der Waals surface area contributed by atoms with Crippen LogP contribution in [-0.2, 0) is 9.31 Å². The van der Waals surface area contributed by atoms with Crippen LogP contribution in [0.2, 0.25) is 13.1 Å². The summed E-state index contributed by atoms with van der Waals surface area (Å²) in [7, 11) is -2.36. The van der Waals surface area contributed by atoms with Crippen LogP contribution in [-0.4, -0.2) is 26.4 Å². The number of aryl methyl sites for hydroxylation is 1. The van der Waals surface area contributed by atoms with E-state index in [1.165, 1.54) is 16.3 Å². The van der Waals surface area contributed by atoms with Crippen LogP contribution in [0.25, 0.3) is 0 Å². The second-order valence-electron chi connectivity index (χ2n) is 9.54. The van der Waals surface area contributed by atoms with E-state index in [1.807, 2.05) is 0 Å². The molecule has 1 heterocycles. The molecule has 0 bridgehead atoms. The van der Waals surface area contributed by atoms with Crippen LogP contribution in [0.1, 0.15) is 44.4 Å². The molecule has 1 saturated heterocycles. The number of hydrogen-bond acceptors (Lipinski definition) is 2. The maximum atomic E-state index is 6.40. The van der Waals surface area contributed by atoms with E-state index in [0.29, 0.717) is 0 Å². The molecule has 1 aliphatic heterocycles. The quantitative estimate of drug-likeness (QED) is 0.633. The van der Waals surface area contributed by atoms with Gasteiger partial charge < -0.3 is 9.31 Å². The molecule has 2 nitrogen and oxygen atoms in total. The topological polar surface area (TPSA) is 18.5 Å². The van der Waals surface area contributed by atoms with Crippen LogP contribution < -0.4 is 5.19 Å². The fraction of sp³-hybridized carbons (Fsp3) is 0.417. The lowest BCUT2D eigenvalue weighted by molar-refractivity contribution is 0.00578. The molecule has 1 fully saturated rings. The molecule has 0 aromatic heterocycles. The zero-order valence-corrected chi connectivity index (χ0v) is 19.4. The normalized spacial score (nSPS) is 19.5. The number of benzene rings is 2. The molecular weight excluding hydrogens is 359 g/mol. The molecule has 0 N–H and O–H groups in total. The van der Waals surface area contributed by atoms with E-state index in [9.17, 15) is 0 Å². The summed E-state index contributed by atoms with van der Waals surface area (Å²) in [5.74, 6) is 0. The lowest BCUT2D eigenvalue weighted by Crippen LogP contribution is -2.50. The van der Waals surface area contributed by atoms with Gasteiger partial charge in [0.1, 0.15) is 0 Å². The smallest absolute Gasteiger partial charge is 0.400 e. The third-order valence-corrected chi connectivity index (χ3v) is 10.6. The van der Waals surface area contributed by atoms with Gasteiger partial charge in [0.25, 0.3) is 0 Å². The highest BCUT2D eigenvalue weighted by molar-refractivity contribution is 6.92. The average Bonchev–Trinajstić information content (AvgIpc) is 2.85. The Morgan fingerprint density at radius 1 is 0.893 bits per heavy atom. The first kappa shape index (κ1) is 21.1. The summed E-state index contributed by atoms with van der Waals surface area (Å²) in [4.78, 5) is 0. The van der Waals surface area contributed by atoms with Crippen molar-refractivity contribution in [1.82, 2.24) is 0 Å². The molecule has 148 valence electrons. The van der Waals surface area contributed by atoms with Crippen LogP contribution in [0.5, 0.6) is 0 Å². The lowest BCUT2D eigenvalue weighted by Gasteiger charge is -2.36. The second kappa shape index (κ2) is 7.33. The second-order valence-corrected chi connectivity index (χ2v) is 14.1. The number of allylic oxidation sites excluding steroid dienone is 1. The Bertz CT molecular complexity index is 842. The van der Waals surface area contributed by atoms with E-state index < -0.39 is 15.2 Å². The summed E-state index contributed by atoms with van der Waals surface area (Å²) in [5, 5.41) is 1.42. The molecule has 1 aliphatic rings. The third kappa shape index (κ3) is 3.66. The van der Waals surface area contributed by atoms with Gasteiger partial charge in [-0.05, 0) is 51.2 Å². The Morgan fingerprint density at radius 3 is 1.93 bits per heavy atom. The summed E-state index contributed by atoms with van der Waals surface area (Å²) in [5.41, 5.74) is 3.13. The van der Waals surface area contributed by atoms with E-state index in [4.69, 9.17) is 9.31 Å². The molecule has 3 rings (SSSR count). The largest absolute Gasteiger partial charge is 0.490 e. The van der Waals surface area contributed by atoms with Crippen molar-refractivity contribution in [3.05, 3.63) is 77.8 Å². The third-order valence-electron chi connectivity index (χ3n) is 6.67. The highest BCUT2D eigenvalue weighted by Gasteiger charge is 2.54. The van der Waals surface area contributed by atoms with Crippen molar-refractivity contribution in [3.63, 3.8) is 0 Å². The fourth-order valence-electron chi connectivity index (χ4n) is 4.13. The highest BCUT2D eigenvalue weighted by Crippen LogP contribution is 2.43. The van der Waals surface area contributed by atoms with Crippen molar-refractivity contribution in [3.8, 4) is 0 Å². The van der Waals surface area contributed by atoms with Gasteiger partial charge >= 0.3 is 7.12 Å². The first-order chi connectivity index (χ1) is 13.0. The first-order valence-corrected chi connectivity index (χ1v) is 13.2. The molecule has 0 aliphatic carbocycles. The van der Waals surface area contributed by atoms with Gasteiger partial charge in [-0.25, -0.2) is 0 Å². The van der Waals surface area contributed by atoms with Gasteiger partial charge in [0.05, 0.1) is 19.3 Å². The van der Waals surface area contributed by atoms with Crippen molar-refractivity contribution in [2.75, 3.05) is 0 Å². The summed E-state index contributed by atoms with van der Waals surface area (Å²) >= 11 is 0. The van der Waals surface area contributed by atoms with Crippen molar-refractivity contribution in [1.29, 1.82) is 0 Å². The Balaban J connectivity index is 2.08. The molecule has 4 heteroatoms. The SMILES string of the molecule is C=C(B1OC(C)(C)C(C)(C)O1)[C@H](c1ccccc1C)[Si](C)(C)c1ccccc1. The van der Waals surface area contributed by atoms with Crippen LogP contribution in [0.4, 0.5) is 0 Å². The molecule has 0 saturated carbocycles. The minimum atomic E-state index is -1.96. The Kier molecular flexibility index (Phi) is 5.52. The Labute approximate surface area is 172 Å². The highest BCUT2D eigenvalue weighted by atomic mass is 28.3. The predicted molar refractivity (Wildman–Crippen MR) is 123 cm³/mol. The Morgan fingerprint density at radius 2 is 1.39 bits per heavy atom. The lowest BCUT2D eigenvalue weighted by atomic mass is 9.75. The molecule has 0 unspecified atom stereocenters. The predicted octanol–water partition coefficient (Wildman–Crippen LogP) is 5.42. The minimum absolute atomic E-state index is 0.200. The van der Waals surface area contributed by atoms with E-state index in [1.54, 1.807) is 0 Å². The molecule has 0 radical (unpaired) electrons.